The molecule has 1 aliphatic heterocycles. The topological polar surface area (TPSA) is 69.2 Å². The van der Waals surface area contributed by atoms with Crippen LogP contribution >= 0.6 is 11.6 Å². The molecule has 0 radical (unpaired) electrons. The highest BCUT2D eigenvalue weighted by Gasteiger charge is 2.15. The summed E-state index contributed by atoms with van der Waals surface area (Å²) in [5, 5.41) is 3.38. The number of aromatic nitrogens is 3. The van der Waals surface area contributed by atoms with Crippen molar-refractivity contribution in [1.82, 2.24) is 20.3 Å². The largest absolute Gasteiger partial charge is 0.467 e. The van der Waals surface area contributed by atoms with Gasteiger partial charge in [0.2, 0.25) is 5.28 Å². The van der Waals surface area contributed by atoms with Crippen LogP contribution in [0.3, 0.4) is 0 Å². The summed E-state index contributed by atoms with van der Waals surface area (Å²) in [6.45, 7) is 2.68. The van der Waals surface area contributed by atoms with Crippen LogP contribution in [0.4, 0.5) is 0 Å². The van der Waals surface area contributed by atoms with Gasteiger partial charge < -0.3 is 14.8 Å². The van der Waals surface area contributed by atoms with Crippen LogP contribution in [0.2, 0.25) is 5.28 Å². The zero-order valence-corrected chi connectivity index (χ0v) is 10.4. The van der Waals surface area contributed by atoms with Crippen LogP contribution in [0.15, 0.2) is 0 Å². The highest BCUT2D eigenvalue weighted by atomic mass is 35.5. The second kappa shape index (κ2) is 5.97. The Morgan fingerprint density at radius 2 is 1.94 bits per heavy atom. The summed E-state index contributed by atoms with van der Waals surface area (Å²) in [6, 6.07) is 0.394. The Balaban J connectivity index is 1.91. The minimum absolute atomic E-state index is 0.0807. The van der Waals surface area contributed by atoms with Gasteiger partial charge in [-0.15, -0.1) is 4.98 Å². The lowest BCUT2D eigenvalue weighted by atomic mass is 9.99. The third-order valence-corrected chi connectivity index (χ3v) is 2.83. The molecule has 6 nitrogen and oxygen atoms in total. The van der Waals surface area contributed by atoms with E-state index in [9.17, 15) is 0 Å². The van der Waals surface area contributed by atoms with Crippen molar-refractivity contribution in [3.8, 4) is 12.0 Å². The minimum atomic E-state index is 0.0807. The first-order valence-electron chi connectivity index (χ1n) is 5.57. The number of methoxy groups -OCH3 is 1. The molecule has 0 unspecified atom stereocenters. The van der Waals surface area contributed by atoms with Gasteiger partial charge in [0.25, 0.3) is 0 Å². The molecule has 0 aromatic carbocycles. The van der Waals surface area contributed by atoms with E-state index in [1.165, 1.54) is 7.11 Å². The van der Waals surface area contributed by atoms with Crippen molar-refractivity contribution >= 4 is 11.6 Å². The number of piperidine rings is 1. The van der Waals surface area contributed by atoms with Crippen LogP contribution in [0, 0.1) is 5.92 Å². The fraction of sp³-hybridized carbons (Fsp3) is 0.700. The zero-order valence-electron chi connectivity index (χ0n) is 9.65. The number of ether oxygens (including phenoxy) is 2. The lowest BCUT2D eigenvalue weighted by Gasteiger charge is -2.21. The van der Waals surface area contributed by atoms with Crippen molar-refractivity contribution in [2.75, 3.05) is 26.8 Å². The standard InChI is InChI=1S/C10H15ClN4O2/c1-16-9-13-8(11)14-10(15-9)17-6-7-2-4-12-5-3-7/h7,12H,2-6H2,1H3. The van der Waals surface area contributed by atoms with Gasteiger partial charge in [-0.2, -0.15) is 9.97 Å². The number of halogens is 1. The van der Waals surface area contributed by atoms with E-state index in [0.29, 0.717) is 12.5 Å². The summed E-state index contributed by atoms with van der Waals surface area (Å²) in [4.78, 5) is 11.6. The Hall–Kier alpha value is -1.14. The van der Waals surface area contributed by atoms with E-state index in [1.807, 2.05) is 0 Å². The van der Waals surface area contributed by atoms with Crippen molar-refractivity contribution in [1.29, 1.82) is 0 Å². The van der Waals surface area contributed by atoms with E-state index < -0.39 is 0 Å². The fourth-order valence-electron chi connectivity index (χ4n) is 1.71. The van der Waals surface area contributed by atoms with E-state index in [4.69, 9.17) is 21.1 Å². The molecule has 1 N–H and O–H groups in total. The molecule has 7 heteroatoms. The Morgan fingerprint density at radius 3 is 2.65 bits per heavy atom. The Bertz CT molecular complexity index is 371. The van der Waals surface area contributed by atoms with Crippen molar-refractivity contribution in [3.05, 3.63) is 5.28 Å². The van der Waals surface area contributed by atoms with Crippen LogP contribution in [0.25, 0.3) is 0 Å². The van der Waals surface area contributed by atoms with Gasteiger partial charge in [-0.25, -0.2) is 0 Å². The van der Waals surface area contributed by atoms with Gasteiger partial charge in [0, 0.05) is 0 Å². The lowest BCUT2D eigenvalue weighted by Crippen LogP contribution is -2.30. The van der Waals surface area contributed by atoms with Gasteiger partial charge in [0.05, 0.1) is 13.7 Å². The van der Waals surface area contributed by atoms with Gasteiger partial charge in [-0.1, -0.05) is 0 Å². The molecule has 0 bridgehead atoms. The molecule has 94 valence electrons. The highest BCUT2D eigenvalue weighted by molar-refractivity contribution is 6.28. The van der Waals surface area contributed by atoms with Crippen LogP contribution in [-0.4, -0.2) is 41.8 Å². The molecule has 1 aromatic heterocycles. The Morgan fingerprint density at radius 1 is 1.24 bits per heavy atom. The van der Waals surface area contributed by atoms with Crippen LogP contribution < -0.4 is 14.8 Å². The Labute approximate surface area is 105 Å². The van der Waals surface area contributed by atoms with Gasteiger partial charge >= 0.3 is 12.0 Å². The predicted molar refractivity (Wildman–Crippen MR) is 62.5 cm³/mol. The molecule has 0 spiro atoms. The average Bonchev–Trinajstić information content (AvgIpc) is 2.37. The maximum atomic E-state index is 5.72. The smallest absolute Gasteiger partial charge is 0.323 e. The monoisotopic (exact) mass is 258 g/mol. The third-order valence-electron chi connectivity index (χ3n) is 2.66. The summed E-state index contributed by atoms with van der Waals surface area (Å²) in [5.41, 5.74) is 0. The summed E-state index contributed by atoms with van der Waals surface area (Å²) in [6.07, 6.45) is 2.21. The molecule has 0 atom stereocenters. The van der Waals surface area contributed by atoms with Gasteiger partial charge in [0.1, 0.15) is 0 Å². The lowest BCUT2D eigenvalue weighted by molar-refractivity contribution is 0.199. The quantitative estimate of drug-likeness (QED) is 0.866. The first-order valence-corrected chi connectivity index (χ1v) is 5.95. The van der Waals surface area contributed by atoms with E-state index in [1.54, 1.807) is 0 Å². The van der Waals surface area contributed by atoms with Gasteiger partial charge in [-0.3, -0.25) is 0 Å². The second-order valence-electron chi connectivity index (χ2n) is 3.88. The fourth-order valence-corrected chi connectivity index (χ4v) is 1.86. The minimum Gasteiger partial charge on any atom is -0.467 e. The van der Waals surface area contributed by atoms with Gasteiger partial charge in [-0.05, 0) is 43.5 Å². The SMILES string of the molecule is COc1nc(Cl)nc(OCC2CCNCC2)n1. The third kappa shape index (κ3) is 3.67. The number of hydrogen-bond acceptors (Lipinski definition) is 6. The predicted octanol–water partition coefficient (Wildman–Crippen LogP) is 0.912. The molecule has 2 rings (SSSR count). The number of hydrogen-bond donors (Lipinski definition) is 1. The number of nitrogens with one attached hydrogen (secondary N) is 1. The maximum absolute atomic E-state index is 5.72. The van der Waals surface area contributed by atoms with Crippen molar-refractivity contribution in [3.63, 3.8) is 0 Å². The first-order chi connectivity index (χ1) is 8.28. The molecular weight excluding hydrogens is 244 g/mol. The van der Waals surface area contributed by atoms with Crippen LogP contribution in [0.1, 0.15) is 12.8 Å². The molecule has 17 heavy (non-hydrogen) atoms. The molecule has 0 saturated carbocycles. The van der Waals surface area contributed by atoms with Crippen molar-refractivity contribution in [2.45, 2.75) is 12.8 Å². The summed E-state index contributed by atoms with van der Waals surface area (Å²) < 4.78 is 10.4. The molecular formula is C10H15ClN4O2. The summed E-state index contributed by atoms with van der Waals surface area (Å²) in [5.74, 6) is 0.540. The number of nitrogens with zero attached hydrogens (tertiary/aromatic N) is 3. The molecule has 0 amide bonds. The number of rotatable bonds is 4. The molecule has 2 heterocycles. The van der Waals surface area contributed by atoms with E-state index >= 15 is 0 Å². The molecule has 1 saturated heterocycles. The van der Waals surface area contributed by atoms with Gasteiger partial charge in [0.15, 0.2) is 0 Å². The van der Waals surface area contributed by atoms with Crippen molar-refractivity contribution in [2.24, 2.45) is 5.92 Å². The Kier molecular flexibility index (Phi) is 4.33. The van der Waals surface area contributed by atoms with E-state index in [2.05, 4.69) is 20.3 Å². The second-order valence-corrected chi connectivity index (χ2v) is 4.22. The highest BCUT2D eigenvalue weighted by Crippen LogP contribution is 2.16. The first kappa shape index (κ1) is 12.3. The van der Waals surface area contributed by atoms with Crippen LogP contribution in [-0.2, 0) is 0 Å². The summed E-state index contributed by atoms with van der Waals surface area (Å²) >= 11 is 5.72. The molecule has 1 fully saturated rings. The van der Waals surface area contributed by atoms with E-state index in [-0.39, 0.29) is 17.3 Å². The normalized spacial score (nSPS) is 16.8. The molecule has 1 aromatic rings. The molecule has 0 aliphatic carbocycles. The molecule has 1 aliphatic rings. The maximum Gasteiger partial charge on any atom is 0.323 e. The van der Waals surface area contributed by atoms with E-state index in [0.717, 1.165) is 25.9 Å². The average molecular weight is 259 g/mol. The van der Waals surface area contributed by atoms with Crippen molar-refractivity contribution < 1.29 is 9.47 Å². The zero-order chi connectivity index (χ0) is 12.1. The summed E-state index contributed by atoms with van der Waals surface area (Å²) in [7, 11) is 1.47. The van der Waals surface area contributed by atoms with Crippen LogP contribution in [0.5, 0.6) is 12.0 Å².